The summed E-state index contributed by atoms with van der Waals surface area (Å²) in [5.41, 5.74) is 0.885. The van der Waals surface area contributed by atoms with Crippen molar-refractivity contribution in [2.24, 2.45) is 0 Å². The van der Waals surface area contributed by atoms with Crippen molar-refractivity contribution in [2.75, 3.05) is 24.7 Å². The number of rotatable bonds is 5. The van der Waals surface area contributed by atoms with Crippen LogP contribution in [0.5, 0.6) is 0 Å². The molecular formula is C23H25BrN2O3. The van der Waals surface area contributed by atoms with E-state index in [1.54, 1.807) is 23.1 Å². The molecule has 0 radical (unpaired) electrons. The van der Waals surface area contributed by atoms with Gasteiger partial charge in [-0.1, -0.05) is 52.2 Å². The van der Waals surface area contributed by atoms with Gasteiger partial charge in [0.15, 0.2) is 11.4 Å². The third kappa shape index (κ3) is 3.89. The number of carbonyl (C=O) groups is 2. The predicted molar refractivity (Wildman–Crippen MR) is 116 cm³/mol. The standard InChI is InChI=1S/C23H25BrN2O3/c1-16-5-7-17(8-6-16)21(27)14-23(29)19-13-18(24)9-10-20(19)26(22(23)28)15-25-11-3-2-4-12-25/h5-10,13,29H,2-4,11-12,14-15H2,1H3/t23-/m0/s1. The molecule has 1 amide bonds. The van der Waals surface area contributed by atoms with Crippen LogP contribution >= 0.6 is 15.9 Å². The zero-order valence-electron chi connectivity index (χ0n) is 16.5. The van der Waals surface area contributed by atoms with Gasteiger partial charge in [0, 0.05) is 15.6 Å². The van der Waals surface area contributed by atoms with Crippen molar-refractivity contribution < 1.29 is 14.7 Å². The average molecular weight is 457 g/mol. The largest absolute Gasteiger partial charge is 0.375 e. The van der Waals surface area contributed by atoms with Gasteiger partial charge in [0.05, 0.1) is 18.8 Å². The van der Waals surface area contributed by atoms with Gasteiger partial charge in [-0.15, -0.1) is 0 Å². The molecule has 1 fully saturated rings. The highest BCUT2D eigenvalue weighted by Gasteiger charge is 2.51. The van der Waals surface area contributed by atoms with Crippen molar-refractivity contribution >= 4 is 33.3 Å². The van der Waals surface area contributed by atoms with Gasteiger partial charge in [-0.3, -0.25) is 19.4 Å². The van der Waals surface area contributed by atoms with Crippen molar-refractivity contribution in [1.29, 1.82) is 0 Å². The quantitative estimate of drug-likeness (QED) is 0.690. The summed E-state index contributed by atoms with van der Waals surface area (Å²) in [6, 6.07) is 12.7. The molecule has 1 N–H and O–H groups in total. The molecule has 0 unspecified atom stereocenters. The molecule has 0 spiro atoms. The summed E-state index contributed by atoms with van der Waals surface area (Å²) in [5, 5.41) is 11.5. The Morgan fingerprint density at radius 3 is 2.48 bits per heavy atom. The first kappa shape index (κ1) is 20.3. The number of benzene rings is 2. The van der Waals surface area contributed by atoms with E-state index >= 15 is 0 Å². The molecule has 0 aromatic heterocycles. The Hall–Kier alpha value is -2.02. The lowest BCUT2D eigenvalue weighted by molar-refractivity contribution is -0.136. The van der Waals surface area contributed by atoms with Gasteiger partial charge in [0.25, 0.3) is 5.91 Å². The Morgan fingerprint density at radius 2 is 1.79 bits per heavy atom. The lowest BCUT2D eigenvalue weighted by Gasteiger charge is -2.31. The van der Waals surface area contributed by atoms with Crippen LogP contribution in [0.1, 0.15) is 47.2 Å². The third-order valence-corrected chi connectivity index (χ3v) is 6.37. The predicted octanol–water partition coefficient (Wildman–Crippen LogP) is 4.01. The summed E-state index contributed by atoms with van der Waals surface area (Å²) < 4.78 is 0.769. The number of aliphatic hydroxyl groups is 1. The second kappa shape index (κ2) is 8.01. The SMILES string of the molecule is Cc1ccc(C(=O)C[C@@]2(O)C(=O)N(CN3CCCCC3)c3ccc(Br)cc32)cc1. The van der Waals surface area contributed by atoms with E-state index in [2.05, 4.69) is 20.8 Å². The molecule has 2 aromatic rings. The van der Waals surface area contributed by atoms with Gasteiger partial charge >= 0.3 is 0 Å². The van der Waals surface area contributed by atoms with E-state index in [9.17, 15) is 14.7 Å². The highest BCUT2D eigenvalue weighted by Crippen LogP contribution is 2.44. The van der Waals surface area contributed by atoms with Gasteiger partial charge in [-0.05, 0) is 51.1 Å². The zero-order valence-corrected chi connectivity index (χ0v) is 18.1. The Bertz CT molecular complexity index is 938. The number of amides is 1. The molecule has 152 valence electrons. The van der Waals surface area contributed by atoms with Gasteiger partial charge in [-0.25, -0.2) is 0 Å². The van der Waals surface area contributed by atoms with E-state index in [4.69, 9.17) is 0 Å². The summed E-state index contributed by atoms with van der Waals surface area (Å²) in [7, 11) is 0. The Balaban J connectivity index is 1.65. The lowest BCUT2D eigenvalue weighted by Crippen LogP contribution is -2.47. The number of piperidine rings is 1. The number of carbonyl (C=O) groups excluding carboxylic acids is 2. The van der Waals surface area contributed by atoms with Crippen molar-refractivity contribution in [3.05, 3.63) is 63.6 Å². The van der Waals surface area contributed by atoms with Crippen LogP contribution < -0.4 is 4.90 Å². The lowest BCUT2D eigenvalue weighted by atomic mass is 9.88. The molecule has 29 heavy (non-hydrogen) atoms. The first-order chi connectivity index (χ1) is 13.9. The molecule has 2 aliphatic rings. The van der Waals surface area contributed by atoms with Gasteiger partial charge in [-0.2, -0.15) is 0 Å². The number of aryl methyl sites for hydroxylation is 1. The fourth-order valence-corrected chi connectivity index (χ4v) is 4.57. The molecule has 0 bridgehead atoms. The normalized spacial score (nSPS) is 22.0. The maximum absolute atomic E-state index is 13.4. The molecule has 0 saturated carbocycles. The Morgan fingerprint density at radius 1 is 1.10 bits per heavy atom. The Kier molecular flexibility index (Phi) is 5.60. The topological polar surface area (TPSA) is 60.9 Å². The highest BCUT2D eigenvalue weighted by atomic mass is 79.9. The van der Waals surface area contributed by atoms with Crippen LogP contribution in [-0.4, -0.2) is 41.5 Å². The van der Waals surface area contributed by atoms with E-state index in [1.807, 2.05) is 31.2 Å². The van der Waals surface area contributed by atoms with Crippen LogP contribution in [0.25, 0.3) is 0 Å². The minimum absolute atomic E-state index is 0.244. The Labute approximate surface area is 179 Å². The minimum Gasteiger partial charge on any atom is -0.375 e. The molecule has 5 nitrogen and oxygen atoms in total. The third-order valence-electron chi connectivity index (χ3n) is 5.87. The van der Waals surface area contributed by atoms with Gasteiger partial charge in [0.2, 0.25) is 0 Å². The molecular weight excluding hydrogens is 432 g/mol. The number of halogens is 1. The van der Waals surface area contributed by atoms with E-state index in [-0.39, 0.29) is 12.2 Å². The number of hydrogen-bond acceptors (Lipinski definition) is 4. The molecule has 1 atom stereocenters. The van der Waals surface area contributed by atoms with Crippen LogP contribution in [0.4, 0.5) is 5.69 Å². The van der Waals surface area contributed by atoms with E-state index < -0.39 is 11.5 Å². The van der Waals surface area contributed by atoms with E-state index in [0.717, 1.165) is 36.0 Å². The molecule has 0 aliphatic carbocycles. The highest BCUT2D eigenvalue weighted by molar-refractivity contribution is 9.10. The fraction of sp³-hybridized carbons (Fsp3) is 0.391. The second-order valence-corrected chi connectivity index (χ2v) is 8.96. The van der Waals surface area contributed by atoms with Crippen LogP contribution in [0.15, 0.2) is 46.9 Å². The van der Waals surface area contributed by atoms with Crippen LogP contribution in [-0.2, 0) is 10.4 Å². The minimum atomic E-state index is -1.85. The molecule has 2 aromatic carbocycles. The first-order valence-corrected chi connectivity index (χ1v) is 10.8. The number of ketones is 1. The smallest absolute Gasteiger partial charge is 0.265 e. The van der Waals surface area contributed by atoms with Crippen molar-refractivity contribution in [2.45, 2.75) is 38.2 Å². The number of nitrogens with zero attached hydrogens (tertiary/aromatic N) is 2. The zero-order chi connectivity index (χ0) is 20.6. The number of anilines is 1. The number of hydrogen-bond donors (Lipinski definition) is 1. The summed E-state index contributed by atoms with van der Waals surface area (Å²) >= 11 is 3.44. The van der Waals surface area contributed by atoms with Crippen molar-refractivity contribution in [1.82, 2.24) is 4.90 Å². The van der Waals surface area contributed by atoms with E-state index in [0.29, 0.717) is 23.5 Å². The summed E-state index contributed by atoms with van der Waals surface area (Å²) in [5.74, 6) is -0.664. The first-order valence-electron chi connectivity index (χ1n) is 10.0. The average Bonchev–Trinajstić information content (AvgIpc) is 2.91. The monoisotopic (exact) mass is 456 g/mol. The number of likely N-dealkylation sites (tertiary alicyclic amines) is 1. The van der Waals surface area contributed by atoms with Crippen LogP contribution in [0.3, 0.4) is 0 Å². The maximum atomic E-state index is 13.4. The van der Waals surface area contributed by atoms with Crippen molar-refractivity contribution in [3.63, 3.8) is 0 Å². The van der Waals surface area contributed by atoms with Gasteiger partial charge in [0.1, 0.15) is 0 Å². The van der Waals surface area contributed by atoms with E-state index in [1.165, 1.54) is 6.42 Å². The summed E-state index contributed by atoms with van der Waals surface area (Å²) in [6.45, 7) is 4.27. The summed E-state index contributed by atoms with van der Waals surface area (Å²) in [4.78, 5) is 30.1. The van der Waals surface area contributed by atoms with Crippen LogP contribution in [0, 0.1) is 6.92 Å². The maximum Gasteiger partial charge on any atom is 0.265 e. The van der Waals surface area contributed by atoms with Crippen molar-refractivity contribution in [3.8, 4) is 0 Å². The molecule has 4 rings (SSSR count). The number of fused-ring (bicyclic) bond motifs is 1. The molecule has 2 aliphatic heterocycles. The second-order valence-electron chi connectivity index (χ2n) is 8.04. The van der Waals surface area contributed by atoms with Gasteiger partial charge < -0.3 is 5.11 Å². The number of Topliss-reactive ketones (excluding diaryl/α,β-unsaturated/α-hetero) is 1. The molecule has 6 heteroatoms. The fourth-order valence-electron chi connectivity index (χ4n) is 4.21. The molecule has 1 saturated heterocycles. The van der Waals surface area contributed by atoms with Crippen LogP contribution in [0.2, 0.25) is 0 Å². The summed E-state index contributed by atoms with van der Waals surface area (Å²) in [6.07, 6.45) is 3.18. The molecule has 2 heterocycles.